The van der Waals surface area contributed by atoms with Crippen molar-refractivity contribution in [2.45, 2.75) is 133 Å². The second-order valence-corrected chi connectivity index (χ2v) is 20.1. The summed E-state index contributed by atoms with van der Waals surface area (Å²) >= 11 is 0. The fourth-order valence-electron chi connectivity index (χ4n) is 12.5. The maximum absolute atomic E-state index is 13.9. The fraction of sp³-hybridized carbons (Fsp3) is 0.323. The molecule has 2 N–H and O–H groups in total. The molecule has 0 unspecified atom stereocenters. The molecule has 364 valence electrons. The molecule has 0 saturated carbocycles. The second-order valence-electron chi connectivity index (χ2n) is 20.1. The summed E-state index contributed by atoms with van der Waals surface area (Å²) in [6.07, 6.45) is 7.20. The third-order valence-electron chi connectivity index (χ3n) is 16.3. The van der Waals surface area contributed by atoms with E-state index in [2.05, 4.69) is 126 Å². The van der Waals surface area contributed by atoms with Gasteiger partial charge in [0.05, 0.1) is 55.4 Å². The number of rotatable bonds is 4. The van der Waals surface area contributed by atoms with Gasteiger partial charge in [-0.15, -0.1) is 0 Å². The van der Waals surface area contributed by atoms with E-state index in [1.54, 1.807) is 0 Å². The normalized spacial score (nSPS) is 14.6. The number of aromatic amines is 2. The topological polar surface area (TPSA) is 136 Å². The first kappa shape index (κ1) is 46.9. The predicted molar refractivity (Wildman–Crippen MR) is 296 cm³/mol. The van der Waals surface area contributed by atoms with Gasteiger partial charge in [0.2, 0.25) is 0 Å². The molecule has 3 aromatic carbocycles. The van der Waals surface area contributed by atoms with E-state index in [0.29, 0.717) is 38.5 Å². The van der Waals surface area contributed by atoms with Gasteiger partial charge in [-0.1, -0.05) is 76.2 Å². The Bertz CT molecular complexity index is 3860. The number of nitrogens with one attached hydrogen (secondary N) is 2. The van der Waals surface area contributed by atoms with Gasteiger partial charge in [0.1, 0.15) is 0 Å². The molecule has 10 heteroatoms. The van der Waals surface area contributed by atoms with Crippen LogP contribution in [0.5, 0.6) is 0 Å². The summed E-state index contributed by atoms with van der Waals surface area (Å²) in [5.41, 5.74) is 22.4. The maximum Gasteiger partial charge on any atom is 0.261 e. The number of hydrogen-bond acceptors (Lipinski definition) is 6. The summed E-state index contributed by atoms with van der Waals surface area (Å²) in [5, 5.41) is 0.739. The lowest BCUT2D eigenvalue weighted by Crippen LogP contribution is -2.26. The molecule has 0 radical (unpaired) electrons. The average molecular weight is 955 g/mol. The highest BCUT2D eigenvalue weighted by atomic mass is 16.2. The van der Waals surface area contributed by atoms with Crippen LogP contribution in [0.15, 0.2) is 92.0 Å². The molecule has 10 nitrogen and oxygen atoms in total. The van der Waals surface area contributed by atoms with E-state index in [0.717, 1.165) is 115 Å². The molecule has 5 aromatic heterocycles. The molecule has 6 aliphatic heterocycles. The van der Waals surface area contributed by atoms with Crippen LogP contribution in [0, 0.1) is 13.8 Å². The summed E-state index contributed by atoms with van der Waals surface area (Å²) in [6, 6.07) is 24.7. The van der Waals surface area contributed by atoms with Crippen LogP contribution in [0.1, 0.15) is 136 Å². The number of nitrogens with zero attached hydrogens (tertiary/aromatic N) is 4. The number of allylic oxidation sites excluding steroid dienone is 4. The summed E-state index contributed by atoms with van der Waals surface area (Å²) in [7, 11) is 0. The zero-order valence-corrected chi connectivity index (χ0v) is 42.8. The van der Waals surface area contributed by atoms with Gasteiger partial charge < -0.3 is 9.97 Å². The largest absolute Gasteiger partial charge is 0.354 e. The molecular weight excluding hydrogens is 893 g/mol. The van der Waals surface area contributed by atoms with Crippen molar-refractivity contribution in [3.8, 4) is 22.3 Å². The van der Waals surface area contributed by atoms with Gasteiger partial charge in [-0.3, -0.25) is 28.3 Å². The molecule has 72 heavy (non-hydrogen) atoms. The highest BCUT2D eigenvalue weighted by Gasteiger charge is 2.28. The number of hydrogen-bond donors (Lipinski definition) is 2. The van der Waals surface area contributed by atoms with Gasteiger partial charge in [0.25, 0.3) is 22.2 Å². The van der Waals surface area contributed by atoms with E-state index in [9.17, 15) is 19.2 Å². The quantitative estimate of drug-likeness (QED) is 0.180. The average Bonchev–Trinajstić information content (AvgIpc) is 4.16. The molecule has 0 saturated heterocycles. The molecule has 6 aliphatic rings. The van der Waals surface area contributed by atoms with Crippen molar-refractivity contribution in [3.63, 3.8) is 0 Å². The first-order chi connectivity index (χ1) is 34.9. The van der Waals surface area contributed by atoms with Crippen molar-refractivity contribution in [2.24, 2.45) is 0 Å². The van der Waals surface area contributed by atoms with Gasteiger partial charge in [0.15, 0.2) is 0 Å². The minimum Gasteiger partial charge on any atom is -0.354 e. The van der Waals surface area contributed by atoms with Gasteiger partial charge >= 0.3 is 0 Å². The van der Waals surface area contributed by atoms with Crippen molar-refractivity contribution in [2.75, 3.05) is 0 Å². The summed E-state index contributed by atoms with van der Waals surface area (Å²) in [6.45, 7) is 18.3. The molecule has 11 heterocycles. The smallest absolute Gasteiger partial charge is 0.261 e. The Hall–Kier alpha value is -7.46. The van der Waals surface area contributed by atoms with E-state index in [-0.39, 0.29) is 34.6 Å². The SMILES string of the molecule is CCC1=C(C)c2nc1cc1[nH]c(c(C)c1CC)c1c3[nH]c(cc4nc(c2-c2ccccc2CCCCn2c(=O)c5cc6c(=O)n(c(=O)c6cc5c2=O)CCCCc2ccccc2-1)C(C)=C4CC)c(CC)c3C. The van der Waals surface area contributed by atoms with E-state index in [1.165, 1.54) is 54.7 Å². The molecule has 8 aromatic rings. The van der Waals surface area contributed by atoms with Gasteiger partial charge in [-0.25, -0.2) is 9.97 Å². The Morgan fingerprint density at radius 1 is 0.486 bits per heavy atom. The lowest BCUT2D eigenvalue weighted by molar-refractivity contribution is 0.590. The lowest BCUT2D eigenvalue weighted by atomic mass is 9.89. The van der Waals surface area contributed by atoms with Crippen LogP contribution in [0.3, 0.4) is 0 Å². The Kier molecular flexibility index (Phi) is 11.9. The van der Waals surface area contributed by atoms with Crippen LogP contribution in [0.4, 0.5) is 0 Å². The van der Waals surface area contributed by atoms with Crippen LogP contribution in [0.2, 0.25) is 0 Å². The Balaban J connectivity index is 1.25. The number of aryl methyl sites for hydroxylation is 6. The third kappa shape index (κ3) is 7.27. The van der Waals surface area contributed by atoms with Crippen molar-refractivity contribution < 1.29 is 0 Å². The first-order valence-corrected chi connectivity index (χ1v) is 26.2. The maximum atomic E-state index is 13.9. The molecule has 0 atom stereocenters. The van der Waals surface area contributed by atoms with Gasteiger partial charge in [-0.05, 0) is 183 Å². The van der Waals surface area contributed by atoms with E-state index >= 15 is 0 Å². The van der Waals surface area contributed by atoms with Crippen molar-refractivity contribution in [1.29, 1.82) is 0 Å². The molecule has 0 spiro atoms. The fourth-order valence-corrected chi connectivity index (χ4v) is 12.5. The summed E-state index contributed by atoms with van der Waals surface area (Å²) in [5.74, 6) is 0. The summed E-state index contributed by atoms with van der Waals surface area (Å²) in [4.78, 5) is 75.2. The van der Waals surface area contributed by atoms with E-state index < -0.39 is 22.2 Å². The van der Waals surface area contributed by atoms with Crippen molar-refractivity contribution in [3.05, 3.63) is 170 Å². The van der Waals surface area contributed by atoms with Crippen molar-refractivity contribution >= 4 is 65.9 Å². The van der Waals surface area contributed by atoms with Gasteiger partial charge in [-0.2, -0.15) is 0 Å². The van der Waals surface area contributed by atoms with Crippen LogP contribution >= 0.6 is 0 Å². The Labute approximate surface area is 418 Å². The van der Waals surface area contributed by atoms with Crippen LogP contribution in [-0.4, -0.2) is 29.1 Å². The van der Waals surface area contributed by atoms with Crippen LogP contribution < -0.4 is 22.2 Å². The van der Waals surface area contributed by atoms with Gasteiger partial charge in [0, 0.05) is 35.2 Å². The monoisotopic (exact) mass is 954 g/mol. The zero-order valence-electron chi connectivity index (χ0n) is 42.8. The Morgan fingerprint density at radius 2 is 0.875 bits per heavy atom. The molecule has 0 fully saturated rings. The minimum absolute atomic E-state index is 0.184. The molecule has 14 rings (SSSR count). The lowest BCUT2D eigenvalue weighted by Gasteiger charge is -2.14. The number of H-pyrrole nitrogens is 2. The minimum atomic E-state index is -0.425. The predicted octanol–water partition coefficient (Wildman–Crippen LogP) is 12.7. The number of benzene rings is 3. The first-order valence-electron chi connectivity index (χ1n) is 26.2. The highest BCUT2D eigenvalue weighted by molar-refractivity contribution is 6.04. The van der Waals surface area contributed by atoms with E-state index in [1.807, 2.05) is 0 Å². The highest BCUT2D eigenvalue weighted by Crippen LogP contribution is 2.45. The van der Waals surface area contributed by atoms with E-state index in [4.69, 9.17) is 9.97 Å². The number of aromatic nitrogens is 6. The molecular formula is C62H62N6O4. The molecule has 16 bridgehead atoms. The van der Waals surface area contributed by atoms with Crippen LogP contribution in [-0.2, 0) is 38.8 Å². The molecule has 0 amide bonds. The standard InChI is InChI=1S/C62H62N6O4/c1-9-39-33(5)55-53-43-25-15-13-21-37(43)23-17-19-27-67-59(69)45-29-47-48(30-46(45)60(67)70)62(72)68(61(47)71)28-20-18-24-38-22-14-16-26-44(38)54(57-34(6)40(10-2)50(64-57)31-49(39)63-55)58-36(8)42(12-4)52(66-58)32-51-41(11-3)35(7)56(53)65-51/h13-16,21-22,25-26,29-32,63,65H,9-12,17-20,23-24,27-28H2,1-8H3. The Morgan fingerprint density at radius 3 is 1.26 bits per heavy atom. The molecule has 0 aliphatic carbocycles. The second kappa shape index (κ2) is 18.3. The van der Waals surface area contributed by atoms with Crippen molar-refractivity contribution in [1.82, 2.24) is 29.1 Å². The zero-order chi connectivity index (χ0) is 50.3. The summed E-state index contributed by atoms with van der Waals surface area (Å²) < 4.78 is 2.56. The van der Waals surface area contributed by atoms with Crippen LogP contribution in [0.25, 0.3) is 88.2 Å². The third-order valence-corrected chi connectivity index (χ3v) is 16.3.